The largest absolute Gasteiger partial charge is 0.372 e. The molecule has 1 unspecified atom stereocenters. The first-order valence-electron chi connectivity index (χ1n) is 5.59. The number of ether oxygens (including phenoxy) is 1. The maximum Gasteiger partial charge on any atom is 0.0725 e. The van der Waals surface area contributed by atoms with Gasteiger partial charge in [0, 0.05) is 6.04 Å². The van der Waals surface area contributed by atoms with Crippen LogP contribution in [0.1, 0.15) is 36.6 Å². The van der Waals surface area contributed by atoms with E-state index in [1.54, 1.807) is 0 Å². The lowest BCUT2D eigenvalue weighted by Gasteiger charge is -2.21. The zero-order valence-electron chi connectivity index (χ0n) is 9.71. The first-order chi connectivity index (χ1) is 7.22. The van der Waals surface area contributed by atoms with E-state index < -0.39 is 0 Å². The van der Waals surface area contributed by atoms with E-state index in [0.717, 1.165) is 13.2 Å². The van der Waals surface area contributed by atoms with Gasteiger partial charge in [-0.1, -0.05) is 32.0 Å². The Morgan fingerprint density at radius 3 is 2.60 bits per heavy atom. The molecule has 15 heavy (non-hydrogen) atoms. The zero-order chi connectivity index (χ0) is 10.8. The van der Waals surface area contributed by atoms with Crippen molar-refractivity contribution in [1.82, 2.24) is 5.32 Å². The van der Waals surface area contributed by atoms with Crippen molar-refractivity contribution in [2.75, 3.05) is 7.05 Å². The van der Waals surface area contributed by atoms with Gasteiger partial charge in [-0.15, -0.1) is 0 Å². The summed E-state index contributed by atoms with van der Waals surface area (Å²) in [7, 11) is 2.02. The second-order valence-electron chi connectivity index (χ2n) is 4.53. The molecule has 1 N–H and O–H groups in total. The van der Waals surface area contributed by atoms with Crippen LogP contribution in [-0.2, 0) is 18.0 Å². The summed E-state index contributed by atoms with van der Waals surface area (Å²) in [6.07, 6.45) is 0. The fourth-order valence-corrected chi connectivity index (χ4v) is 2.27. The summed E-state index contributed by atoms with van der Waals surface area (Å²) in [6.45, 7) is 6.04. The van der Waals surface area contributed by atoms with Crippen LogP contribution in [0.4, 0.5) is 0 Å². The standard InChI is InChI=1S/C13H19NO/c1-9(2)13(14-3)10-4-5-11-7-15-8-12(11)6-10/h4-6,9,13-14H,7-8H2,1-3H3. The van der Waals surface area contributed by atoms with Crippen LogP contribution >= 0.6 is 0 Å². The van der Waals surface area contributed by atoms with Gasteiger partial charge in [0.05, 0.1) is 13.2 Å². The topological polar surface area (TPSA) is 21.3 Å². The summed E-state index contributed by atoms with van der Waals surface area (Å²) in [5.74, 6) is 0.607. The van der Waals surface area contributed by atoms with Crippen molar-refractivity contribution in [3.05, 3.63) is 34.9 Å². The Labute approximate surface area is 91.6 Å². The number of hydrogen-bond donors (Lipinski definition) is 1. The molecule has 1 heterocycles. The minimum Gasteiger partial charge on any atom is -0.372 e. The molecule has 1 aromatic rings. The summed E-state index contributed by atoms with van der Waals surface area (Å²) in [5, 5.41) is 3.37. The van der Waals surface area contributed by atoms with Crippen molar-refractivity contribution in [1.29, 1.82) is 0 Å². The Balaban J connectivity index is 2.28. The van der Waals surface area contributed by atoms with E-state index >= 15 is 0 Å². The first kappa shape index (κ1) is 10.7. The predicted molar refractivity (Wildman–Crippen MR) is 61.6 cm³/mol. The molecule has 1 atom stereocenters. The molecular formula is C13H19NO. The highest BCUT2D eigenvalue weighted by Gasteiger charge is 2.17. The Morgan fingerprint density at radius 2 is 1.93 bits per heavy atom. The summed E-state index contributed by atoms with van der Waals surface area (Å²) in [6, 6.07) is 7.14. The van der Waals surface area contributed by atoms with Crippen molar-refractivity contribution in [3.63, 3.8) is 0 Å². The summed E-state index contributed by atoms with van der Waals surface area (Å²) in [4.78, 5) is 0. The molecule has 2 heteroatoms. The van der Waals surface area contributed by atoms with E-state index in [4.69, 9.17) is 4.74 Å². The first-order valence-corrected chi connectivity index (χ1v) is 5.59. The van der Waals surface area contributed by atoms with Crippen molar-refractivity contribution in [2.24, 2.45) is 5.92 Å². The van der Waals surface area contributed by atoms with Crippen LogP contribution in [0.15, 0.2) is 18.2 Å². The minimum atomic E-state index is 0.441. The molecule has 0 fully saturated rings. The molecule has 0 aliphatic carbocycles. The molecule has 0 spiro atoms. The molecular weight excluding hydrogens is 186 g/mol. The molecule has 0 radical (unpaired) electrons. The lowest BCUT2D eigenvalue weighted by Crippen LogP contribution is -2.21. The van der Waals surface area contributed by atoms with Gasteiger partial charge in [0.2, 0.25) is 0 Å². The van der Waals surface area contributed by atoms with Gasteiger partial charge >= 0.3 is 0 Å². The molecule has 2 rings (SSSR count). The van der Waals surface area contributed by atoms with Gasteiger partial charge in [0.1, 0.15) is 0 Å². The normalized spacial score (nSPS) is 16.8. The third kappa shape index (κ3) is 2.06. The van der Waals surface area contributed by atoms with Gasteiger partial charge in [0.15, 0.2) is 0 Å². The Bertz CT molecular complexity index is 346. The van der Waals surface area contributed by atoms with Crippen LogP contribution in [-0.4, -0.2) is 7.05 Å². The van der Waals surface area contributed by atoms with Gasteiger partial charge in [-0.2, -0.15) is 0 Å². The molecule has 0 saturated carbocycles. The average molecular weight is 205 g/mol. The van der Waals surface area contributed by atoms with Crippen LogP contribution in [0, 0.1) is 5.92 Å². The molecule has 0 saturated heterocycles. The molecule has 0 bridgehead atoms. The fourth-order valence-electron chi connectivity index (χ4n) is 2.27. The second kappa shape index (κ2) is 4.33. The molecule has 1 aromatic carbocycles. The third-order valence-corrected chi connectivity index (χ3v) is 3.08. The van der Waals surface area contributed by atoms with Crippen LogP contribution < -0.4 is 5.32 Å². The lowest BCUT2D eigenvalue weighted by atomic mass is 9.94. The molecule has 1 aliphatic heterocycles. The second-order valence-corrected chi connectivity index (χ2v) is 4.53. The van der Waals surface area contributed by atoms with Crippen LogP contribution in [0.2, 0.25) is 0 Å². The molecule has 0 amide bonds. The number of rotatable bonds is 3. The van der Waals surface area contributed by atoms with Crippen LogP contribution in [0.25, 0.3) is 0 Å². The molecule has 0 aromatic heterocycles. The van der Waals surface area contributed by atoms with E-state index in [1.165, 1.54) is 16.7 Å². The Hall–Kier alpha value is -0.860. The highest BCUT2D eigenvalue weighted by molar-refractivity contribution is 5.34. The SMILES string of the molecule is CNC(c1ccc2c(c1)COC2)C(C)C. The van der Waals surface area contributed by atoms with Crippen molar-refractivity contribution < 1.29 is 4.74 Å². The predicted octanol–water partition coefficient (Wildman–Crippen LogP) is 2.63. The Morgan fingerprint density at radius 1 is 1.20 bits per heavy atom. The molecule has 82 valence electrons. The maximum absolute atomic E-state index is 5.42. The third-order valence-electron chi connectivity index (χ3n) is 3.08. The highest BCUT2D eigenvalue weighted by atomic mass is 16.5. The monoisotopic (exact) mass is 205 g/mol. The minimum absolute atomic E-state index is 0.441. The van der Waals surface area contributed by atoms with Crippen molar-refractivity contribution >= 4 is 0 Å². The molecule has 2 nitrogen and oxygen atoms in total. The summed E-state index contributed by atoms with van der Waals surface area (Å²) in [5.41, 5.74) is 4.07. The smallest absolute Gasteiger partial charge is 0.0725 e. The van der Waals surface area contributed by atoms with Crippen LogP contribution in [0.3, 0.4) is 0 Å². The lowest BCUT2D eigenvalue weighted by molar-refractivity contribution is 0.134. The van der Waals surface area contributed by atoms with E-state index in [1.807, 2.05) is 7.05 Å². The van der Waals surface area contributed by atoms with Crippen LogP contribution in [0.5, 0.6) is 0 Å². The Kier molecular flexibility index (Phi) is 3.08. The maximum atomic E-state index is 5.42. The zero-order valence-corrected chi connectivity index (χ0v) is 9.71. The van der Waals surface area contributed by atoms with Crippen molar-refractivity contribution in [3.8, 4) is 0 Å². The summed E-state index contributed by atoms with van der Waals surface area (Å²) >= 11 is 0. The van der Waals surface area contributed by atoms with Crippen molar-refractivity contribution in [2.45, 2.75) is 33.1 Å². The van der Waals surface area contributed by atoms with Gasteiger partial charge in [-0.25, -0.2) is 0 Å². The van der Waals surface area contributed by atoms with Gasteiger partial charge < -0.3 is 10.1 Å². The number of fused-ring (bicyclic) bond motifs is 1. The van der Waals surface area contributed by atoms with E-state index in [2.05, 4.69) is 37.4 Å². The highest BCUT2D eigenvalue weighted by Crippen LogP contribution is 2.27. The van der Waals surface area contributed by atoms with E-state index in [0.29, 0.717) is 12.0 Å². The number of benzene rings is 1. The van der Waals surface area contributed by atoms with E-state index in [9.17, 15) is 0 Å². The fraction of sp³-hybridized carbons (Fsp3) is 0.538. The van der Waals surface area contributed by atoms with Gasteiger partial charge in [0.25, 0.3) is 0 Å². The number of hydrogen-bond acceptors (Lipinski definition) is 2. The van der Waals surface area contributed by atoms with E-state index in [-0.39, 0.29) is 0 Å². The molecule has 1 aliphatic rings. The van der Waals surface area contributed by atoms with Gasteiger partial charge in [-0.3, -0.25) is 0 Å². The quantitative estimate of drug-likeness (QED) is 0.819. The van der Waals surface area contributed by atoms with Gasteiger partial charge in [-0.05, 0) is 29.7 Å². The number of nitrogens with one attached hydrogen (secondary N) is 1. The summed E-state index contributed by atoms with van der Waals surface area (Å²) < 4.78 is 5.42. The average Bonchev–Trinajstić information content (AvgIpc) is 2.65.